The van der Waals surface area contributed by atoms with E-state index >= 15 is 0 Å². The summed E-state index contributed by atoms with van der Waals surface area (Å²) in [4.78, 5) is 5.22. The van der Waals surface area contributed by atoms with Crippen molar-refractivity contribution in [3.63, 3.8) is 0 Å². The van der Waals surface area contributed by atoms with Gasteiger partial charge in [0.2, 0.25) is 0 Å². The highest BCUT2D eigenvalue weighted by molar-refractivity contribution is 6.30. The molecule has 2 heterocycles. The van der Waals surface area contributed by atoms with Crippen molar-refractivity contribution in [2.24, 2.45) is 0 Å². The summed E-state index contributed by atoms with van der Waals surface area (Å²) in [6, 6.07) is 7.06. The molecule has 1 aromatic carbocycles. The Bertz CT molecular complexity index is 477. The molecule has 0 radical (unpaired) electrons. The molecule has 0 bridgehead atoms. The first-order valence-corrected chi connectivity index (χ1v) is 8.64. The van der Waals surface area contributed by atoms with Gasteiger partial charge >= 0.3 is 0 Å². The van der Waals surface area contributed by atoms with Gasteiger partial charge in [-0.1, -0.05) is 31.0 Å². The van der Waals surface area contributed by atoms with Gasteiger partial charge in [0.25, 0.3) is 0 Å². The lowest BCUT2D eigenvalue weighted by Gasteiger charge is -2.45. The van der Waals surface area contributed by atoms with Crippen molar-refractivity contribution >= 4 is 17.3 Å². The van der Waals surface area contributed by atoms with Crippen molar-refractivity contribution in [1.29, 1.82) is 0 Å². The van der Waals surface area contributed by atoms with Gasteiger partial charge in [-0.2, -0.15) is 0 Å². The highest BCUT2D eigenvalue weighted by atomic mass is 35.5. The normalized spacial score (nSPS) is 23.1. The van der Waals surface area contributed by atoms with Gasteiger partial charge in [0.05, 0.1) is 0 Å². The van der Waals surface area contributed by atoms with E-state index in [1.54, 1.807) is 0 Å². The number of piperidine rings is 1. The minimum absolute atomic E-state index is 0.735. The molecule has 3 rings (SSSR count). The van der Waals surface area contributed by atoms with Crippen LogP contribution in [0, 0.1) is 0 Å². The van der Waals surface area contributed by atoms with Crippen molar-refractivity contribution in [2.75, 3.05) is 37.6 Å². The maximum atomic E-state index is 6.25. The first kappa shape index (κ1) is 15.1. The predicted octanol–water partition coefficient (Wildman–Crippen LogP) is 3.12. The molecule has 1 unspecified atom stereocenters. The van der Waals surface area contributed by atoms with Crippen LogP contribution in [-0.4, -0.2) is 43.7 Å². The highest BCUT2D eigenvalue weighted by Gasteiger charge is 2.29. The highest BCUT2D eigenvalue weighted by Crippen LogP contribution is 2.29. The molecule has 3 nitrogen and oxygen atoms in total. The van der Waals surface area contributed by atoms with E-state index in [9.17, 15) is 0 Å². The number of piperazine rings is 1. The third-order valence-corrected chi connectivity index (χ3v) is 5.03. The van der Waals surface area contributed by atoms with Gasteiger partial charge in [-0.05, 0) is 43.6 Å². The van der Waals surface area contributed by atoms with Crippen LogP contribution in [0.25, 0.3) is 0 Å². The fourth-order valence-electron chi connectivity index (χ4n) is 3.62. The number of halogens is 1. The second-order valence-electron chi connectivity index (χ2n) is 6.18. The molecule has 0 spiro atoms. The number of hydrogen-bond acceptors (Lipinski definition) is 3. The Labute approximate surface area is 133 Å². The molecular formula is C17H26ClN3. The van der Waals surface area contributed by atoms with E-state index < -0.39 is 0 Å². The second kappa shape index (κ2) is 6.99. The fraction of sp³-hybridized carbons (Fsp3) is 0.647. The molecule has 0 aromatic heterocycles. The maximum absolute atomic E-state index is 6.25. The standard InChI is InChI=1S/C17H26ClN3/c1-2-19-12-14-6-7-15(18)11-17(14)21-10-9-20-8-4-3-5-16(20)13-21/h6-7,11,16,19H,2-5,8-10,12-13H2,1H3. The summed E-state index contributed by atoms with van der Waals surface area (Å²) in [6.45, 7) is 8.83. The maximum Gasteiger partial charge on any atom is 0.0427 e. The van der Waals surface area contributed by atoms with Crippen LogP contribution < -0.4 is 10.2 Å². The zero-order valence-electron chi connectivity index (χ0n) is 12.9. The SMILES string of the molecule is CCNCc1ccc(Cl)cc1N1CCN2CCCCC2C1. The first-order chi connectivity index (χ1) is 10.3. The first-order valence-electron chi connectivity index (χ1n) is 8.26. The van der Waals surface area contributed by atoms with Crippen molar-refractivity contribution in [3.05, 3.63) is 28.8 Å². The van der Waals surface area contributed by atoms with Crippen molar-refractivity contribution in [1.82, 2.24) is 10.2 Å². The van der Waals surface area contributed by atoms with E-state index in [0.717, 1.165) is 37.2 Å². The Kier molecular flexibility index (Phi) is 5.04. The largest absolute Gasteiger partial charge is 0.368 e. The molecule has 1 N–H and O–H groups in total. The average Bonchev–Trinajstić information content (AvgIpc) is 2.53. The third kappa shape index (κ3) is 3.53. The Hall–Kier alpha value is -0.770. The molecule has 2 aliphatic rings. The summed E-state index contributed by atoms with van der Waals surface area (Å²) < 4.78 is 0. The fourth-order valence-corrected chi connectivity index (χ4v) is 3.78. The molecule has 4 heteroatoms. The number of hydrogen-bond donors (Lipinski definition) is 1. The molecular weight excluding hydrogens is 282 g/mol. The lowest BCUT2D eigenvalue weighted by atomic mass is 9.98. The van der Waals surface area contributed by atoms with Crippen LogP contribution in [0.15, 0.2) is 18.2 Å². The monoisotopic (exact) mass is 307 g/mol. The summed E-state index contributed by atoms with van der Waals surface area (Å²) in [5, 5.41) is 4.28. The number of benzene rings is 1. The minimum Gasteiger partial charge on any atom is -0.368 e. The molecule has 21 heavy (non-hydrogen) atoms. The van der Waals surface area contributed by atoms with E-state index in [-0.39, 0.29) is 0 Å². The minimum atomic E-state index is 0.735. The molecule has 1 atom stereocenters. The van der Waals surface area contributed by atoms with Crippen LogP contribution in [0.2, 0.25) is 5.02 Å². The lowest BCUT2D eigenvalue weighted by molar-refractivity contribution is 0.133. The lowest BCUT2D eigenvalue weighted by Crippen LogP contribution is -2.55. The molecule has 1 aromatic rings. The van der Waals surface area contributed by atoms with E-state index in [1.807, 2.05) is 6.07 Å². The number of nitrogens with one attached hydrogen (secondary N) is 1. The van der Waals surface area contributed by atoms with Crippen LogP contribution in [-0.2, 0) is 6.54 Å². The van der Waals surface area contributed by atoms with Gasteiger partial charge in [-0.3, -0.25) is 4.90 Å². The van der Waals surface area contributed by atoms with E-state index in [1.165, 1.54) is 43.6 Å². The Morgan fingerprint density at radius 1 is 1.24 bits per heavy atom. The predicted molar refractivity (Wildman–Crippen MR) is 90.3 cm³/mol. The summed E-state index contributed by atoms with van der Waals surface area (Å²) >= 11 is 6.25. The Balaban J connectivity index is 1.77. The smallest absolute Gasteiger partial charge is 0.0427 e. The average molecular weight is 308 g/mol. The molecule has 116 valence electrons. The van der Waals surface area contributed by atoms with E-state index in [2.05, 4.69) is 34.2 Å². The summed E-state index contributed by atoms with van der Waals surface area (Å²) in [5.74, 6) is 0. The molecule has 0 amide bonds. The van der Waals surface area contributed by atoms with Gasteiger partial charge in [-0.25, -0.2) is 0 Å². The van der Waals surface area contributed by atoms with Crippen molar-refractivity contribution in [2.45, 2.75) is 38.8 Å². The van der Waals surface area contributed by atoms with Gasteiger partial charge in [0.1, 0.15) is 0 Å². The summed E-state index contributed by atoms with van der Waals surface area (Å²) in [6.07, 6.45) is 4.10. The van der Waals surface area contributed by atoms with Crippen LogP contribution >= 0.6 is 11.6 Å². The topological polar surface area (TPSA) is 18.5 Å². The van der Waals surface area contributed by atoms with E-state index in [0.29, 0.717) is 0 Å². The van der Waals surface area contributed by atoms with Crippen molar-refractivity contribution < 1.29 is 0 Å². The number of nitrogens with zero attached hydrogens (tertiary/aromatic N) is 2. The summed E-state index contributed by atoms with van der Waals surface area (Å²) in [7, 11) is 0. The van der Waals surface area contributed by atoms with E-state index in [4.69, 9.17) is 11.6 Å². The van der Waals surface area contributed by atoms with Crippen LogP contribution in [0.3, 0.4) is 0 Å². The van der Waals surface area contributed by atoms with Crippen LogP contribution in [0.5, 0.6) is 0 Å². The molecule has 2 saturated heterocycles. The quantitative estimate of drug-likeness (QED) is 0.922. The Morgan fingerprint density at radius 2 is 2.14 bits per heavy atom. The summed E-state index contributed by atoms with van der Waals surface area (Å²) in [5.41, 5.74) is 2.69. The molecule has 2 fully saturated rings. The number of anilines is 1. The third-order valence-electron chi connectivity index (χ3n) is 4.79. The molecule has 2 aliphatic heterocycles. The van der Waals surface area contributed by atoms with Gasteiger partial charge in [0.15, 0.2) is 0 Å². The zero-order valence-corrected chi connectivity index (χ0v) is 13.7. The Morgan fingerprint density at radius 3 is 3.00 bits per heavy atom. The van der Waals surface area contributed by atoms with Gasteiger partial charge < -0.3 is 10.2 Å². The van der Waals surface area contributed by atoms with Gasteiger partial charge in [0, 0.05) is 42.9 Å². The second-order valence-corrected chi connectivity index (χ2v) is 6.62. The van der Waals surface area contributed by atoms with Crippen LogP contribution in [0.4, 0.5) is 5.69 Å². The number of rotatable bonds is 4. The number of fused-ring (bicyclic) bond motifs is 1. The molecule has 0 saturated carbocycles. The van der Waals surface area contributed by atoms with Crippen molar-refractivity contribution in [3.8, 4) is 0 Å². The van der Waals surface area contributed by atoms with Gasteiger partial charge in [-0.15, -0.1) is 0 Å². The van der Waals surface area contributed by atoms with Crippen LogP contribution in [0.1, 0.15) is 31.7 Å². The molecule has 0 aliphatic carbocycles. The zero-order chi connectivity index (χ0) is 14.7.